The number of rotatable bonds is 7. The highest BCUT2D eigenvalue weighted by Crippen LogP contribution is 2.27. The second-order valence-electron chi connectivity index (χ2n) is 6.50. The van der Waals surface area contributed by atoms with Crippen LogP contribution >= 0.6 is 0 Å². The summed E-state index contributed by atoms with van der Waals surface area (Å²) in [6.07, 6.45) is 5.45. The minimum atomic E-state index is -1.21. The molecule has 1 aliphatic carbocycles. The highest BCUT2D eigenvalue weighted by Gasteiger charge is 2.26. The van der Waals surface area contributed by atoms with Gasteiger partial charge in [0.25, 0.3) is 5.91 Å². The molecule has 1 aromatic carbocycles. The normalized spacial score (nSPS) is 17.7. The van der Waals surface area contributed by atoms with Crippen molar-refractivity contribution in [1.82, 2.24) is 10.9 Å². The maximum Gasteiger partial charge on any atom is 0.264 e. The van der Waals surface area contributed by atoms with Crippen LogP contribution in [0.25, 0.3) is 0 Å². The van der Waals surface area contributed by atoms with Gasteiger partial charge in [0.2, 0.25) is 0 Å². The van der Waals surface area contributed by atoms with Crippen molar-refractivity contribution in [1.29, 1.82) is 5.26 Å². The fourth-order valence-corrected chi connectivity index (χ4v) is 3.14. The van der Waals surface area contributed by atoms with Crippen LogP contribution in [0.2, 0.25) is 0 Å². The Morgan fingerprint density at radius 2 is 1.96 bits per heavy atom. The van der Waals surface area contributed by atoms with Gasteiger partial charge in [-0.25, -0.2) is 5.43 Å². The zero-order valence-corrected chi connectivity index (χ0v) is 13.9. The van der Waals surface area contributed by atoms with Crippen LogP contribution in [-0.2, 0) is 11.3 Å². The first kappa shape index (κ1) is 18.4. The number of hydrazine groups is 1. The molecule has 0 spiro atoms. The third-order valence-corrected chi connectivity index (χ3v) is 4.59. The Bertz CT molecular complexity index is 561. The molecule has 0 aromatic heterocycles. The number of aliphatic hydroxyl groups excluding tert-OH is 1. The number of nitrogens with two attached hydrogens (primary N) is 1. The molecule has 130 valence electrons. The van der Waals surface area contributed by atoms with Crippen LogP contribution in [0.5, 0.6) is 0 Å². The lowest BCUT2D eigenvalue weighted by molar-refractivity contribution is -0.131. The predicted octanol–water partition coefficient (Wildman–Crippen LogP) is 1.34. The summed E-state index contributed by atoms with van der Waals surface area (Å²) in [5.74, 6) is 0.00904. The van der Waals surface area contributed by atoms with E-state index in [-0.39, 0.29) is 0 Å². The number of carbonyl (C=O) groups is 1. The molecular weight excluding hydrogens is 304 g/mol. The molecule has 1 aromatic rings. The molecule has 1 amide bonds. The highest BCUT2D eigenvalue weighted by molar-refractivity contribution is 5.80. The molecular formula is C18H26N4O2. The Balaban J connectivity index is 1.71. The number of nitriles is 1. The summed E-state index contributed by atoms with van der Waals surface area (Å²) in [5.41, 5.74) is 12.8. The Morgan fingerprint density at radius 3 is 2.58 bits per heavy atom. The van der Waals surface area contributed by atoms with Crippen LogP contribution in [0.4, 0.5) is 0 Å². The molecule has 6 heteroatoms. The second kappa shape index (κ2) is 9.38. The number of carbonyl (C=O) groups excluding carboxylic acids is 1. The van der Waals surface area contributed by atoms with E-state index in [1.54, 1.807) is 12.1 Å². The molecule has 0 bridgehead atoms. The lowest BCUT2D eigenvalue weighted by Gasteiger charge is -2.26. The minimum Gasteiger partial charge on any atom is -0.382 e. The number of nitrogens with zero attached hydrogens (tertiary/aromatic N) is 1. The largest absolute Gasteiger partial charge is 0.382 e. The van der Waals surface area contributed by atoms with Crippen molar-refractivity contribution in [2.24, 2.45) is 11.7 Å². The predicted molar refractivity (Wildman–Crippen MR) is 91.3 cm³/mol. The van der Waals surface area contributed by atoms with E-state index in [1.807, 2.05) is 12.1 Å². The topological polar surface area (TPSA) is 111 Å². The standard InChI is InChI=1S/C18H26N4O2/c19-11-14-6-8-15(9-7-14)12-21-22-18(24)17(23)16(20)10-13-4-2-1-3-5-13/h6-9,13,16-17,21,23H,1-5,10,12,20H2,(H,22,24). The molecule has 0 radical (unpaired) electrons. The van der Waals surface area contributed by atoms with E-state index in [0.717, 1.165) is 18.4 Å². The van der Waals surface area contributed by atoms with Crippen molar-refractivity contribution in [2.45, 2.75) is 57.2 Å². The summed E-state index contributed by atoms with van der Waals surface area (Å²) in [5, 5.41) is 18.8. The number of amides is 1. The molecule has 2 atom stereocenters. The van der Waals surface area contributed by atoms with Gasteiger partial charge in [-0.15, -0.1) is 0 Å². The van der Waals surface area contributed by atoms with Gasteiger partial charge >= 0.3 is 0 Å². The van der Waals surface area contributed by atoms with Crippen LogP contribution < -0.4 is 16.6 Å². The van der Waals surface area contributed by atoms with Crippen molar-refractivity contribution in [3.8, 4) is 6.07 Å². The van der Waals surface area contributed by atoms with Gasteiger partial charge in [0.05, 0.1) is 11.6 Å². The SMILES string of the molecule is N#Cc1ccc(CNNC(=O)C(O)C(N)CC2CCCCC2)cc1. The molecule has 2 rings (SSSR count). The van der Waals surface area contributed by atoms with Crippen molar-refractivity contribution in [3.05, 3.63) is 35.4 Å². The van der Waals surface area contributed by atoms with Gasteiger partial charge in [-0.05, 0) is 30.0 Å². The Labute approximate surface area is 143 Å². The quantitative estimate of drug-likeness (QED) is 0.564. The van der Waals surface area contributed by atoms with Crippen molar-refractivity contribution in [3.63, 3.8) is 0 Å². The Kier molecular flexibility index (Phi) is 7.19. The first-order chi connectivity index (χ1) is 11.6. The van der Waals surface area contributed by atoms with Gasteiger partial charge in [0, 0.05) is 12.6 Å². The van der Waals surface area contributed by atoms with E-state index in [9.17, 15) is 9.90 Å². The first-order valence-electron chi connectivity index (χ1n) is 8.55. The van der Waals surface area contributed by atoms with E-state index in [1.165, 1.54) is 19.3 Å². The molecule has 0 aliphatic heterocycles. The molecule has 0 saturated heterocycles. The number of benzene rings is 1. The van der Waals surface area contributed by atoms with Crippen LogP contribution in [0.1, 0.15) is 49.7 Å². The minimum absolute atomic E-state index is 0.405. The fraction of sp³-hybridized carbons (Fsp3) is 0.556. The molecule has 5 N–H and O–H groups in total. The Hall–Kier alpha value is -1.94. The average molecular weight is 330 g/mol. The van der Waals surface area contributed by atoms with E-state index < -0.39 is 18.1 Å². The maximum atomic E-state index is 12.0. The van der Waals surface area contributed by atoms with Crippen molar-refractivity contribution >= 4 is 5.91 Å². The van der Waals surface area contributed by atoms with Gasteiger partial charge in [-0.3, -0.25) is 10.2 Å². The van der Waals surface area contributed by atoms with Gasteiger partial charge in [-0.2, -0.15) is 5.26 Å². The van der Waals surface area contributed by atoms with E-state index >= 15 is 0 Å². The first-order valence-corrected chi connectivity index (χ1v) is 8.55. The highest BCUT2D eigenvalue weighted by atomic mass is 16.3. The number of aliphatic hydroxyl groups is 1. The zero-order valence-electron chi connectivity index (χ0n) is 13.9. The monoisotopic (exact) mass is 330 g/mol. The molecule has 6 nitrogen and oxygen atoms in total. The third-order valence-electron chi connectivity index (χ3n) is 4.59. The number of nitrogens with one attached hydrogen (secondary N) is 2. The van der Waals surface area contributed by atoms with Crippen molar-refractivity contribution < 1.29 is 9.90 Å². The molecule has 1 saturated carbocycles. The molecule has 2 unspecified atom stereocenters. The molecule has 24 heavy (non-hydrogen) atoms. The lowest BCUT2D eigenvalue weighted by Crippen LogP contribution is -2.50. The summed E-state index contributed by atoms with van der Waals surface area (Å²) < 4.78 is 0. The maximum absolute atomic E-state index is 12.0. The van der Waals surface area contributed by atoms with E-state index in [4.69, 9.17) is 11.0 Å². The summed E-state index contributed by atoms with van der Waals surface area (Å²) in [6, 6.07) is 8.56. The summed E-state index contributed by atoms with van der Waals surface area (Å²) >= 11 is 0. The molecule has 1 aliphatic rings. The fourth-order valence-electron chi connectivity index (χ4n) is 3.14. The second-order valence-corrected chi connectivity index (χ2v) is 6.50. The summed E-state index contributed by atoms with van der Waals surface area (Å²) in [7, 11) is 0. The van der Waals surface area contributed by atoms with Crippen LogP contribution in [-0.4, -0.2) is 23.2 Å². The summed E-state index contributed by atoms with van der Waals surface area (Å²) in [4.78, 5) is 12.0. The van der Waals surface area contributed by atoms with E-state index in [2.05, 4.69) is 16.9 Å². The third kappa shape index (κ3) is 5.60. The van der Waals surface area contributed by atoms with Crippen LogP contribution in [0.3, 0.4) is 0 Å². The van der Waals surface area contributed by atoms with Crippen LogP contribution in [0, 0.1) is 17.2 Å². The number of hydrogen-bond acceptors (Lipinski definition) is 5. The average Bonchev–Trinajstić information content (AvgIpc) is 2.62. The van der Waals surface area contributed by atoms with Crippen LogP contribution in [0.15, 0.2) is 24.3 Å². The molecule has 0 heterocycles. The number of hydrogen-bond donors (Lipinski definition) is 4. The van der Waals surface area contributed by atoms with Gasteiger partial charge in [0.15, 0.2) is 0 Å². The van der Waals surface area contributed by atoms with E-state index in [0.29, 0.717) is 24.4 Å². The Morgan fingerprint density at radius 1 is 1.29 bits per heavy atom. The van der Waals surface area contributed by atoms with Crippen molar-refractivity contribution in [2.75, 3.05) is 0 Å². The van der Waals surface area contributed by atoms with Gasteiger partial charge in [-0.1, -0.05) is 44.2 Å². The van der Waals surface area contributed by atoms with Gasteiger partial charge < -0.3 is 10.8 Å². The zero-order chi connectivity index (χ0) is 17.4. The summed E-state index contributed by atoms with van der Waals surface area (Å²) in [6.45, 7) is 0.405. The lowest BCUT2D eigenvalue weighted by atomic mass is 9.84. The smallest absolute Gasteiger partial charge is 0.264 e. The van der Waals surface area contributed by atoms with Gasteiger partial charge in [0.1, 0.15) is 6.10 Å². The molecule has 1 fully saturated rings.